The number of ketones is 1. The van der Waals surface area contributed by atoms with Crippen LogP contribution < -0.4 is 5.32 Å². The summed E-state index contributed by atoms with van der Waals surface area (Å²) in [4.78, 5) is 24.5. The lowest BCUT2D eigenvalue weighted by Crippen LogP contribution is -2.49. The van der Waals surface area contributed by atoms with Crippen LogP contribution in [0.3, 0.4) is 0 Å². The van der Waals surface area contributed by atoms with Gasteiger partial charge in [0.25, 0.3) is 0 Å². The fourth-order valence-electron chi connectivity index (χ4n) is 2.79. The molecule has 0 radical (unpaired) electrons. The predicted octanol–water partition coefficient (Wildman–Crippen LogP) is 4.33. The number of benzene rings is 1. The zero-order valence-corrected chi connectivity index (χ0v) is 15.3. The molecule has 2 rings (SSSR count). The summed E-state index contributed by atoms with van der Waals surface area (Å²) < 4.78 is 0. The number of hydrogen-bond donors (Lipinski definition) is 1. The Morgan fingerprint density at radius 3 is 2.22 bits per heavy atom. The van der Waals surface area contributed by atoms with Crippen LogP contribution >= 0.6 is 0 Å². The molecule has 23 heavy (non-hydrogen) atoms. The van der Waals surface area contributed by atoms with Crippen LogP contribution in [0.25, 0.3) is 0 Å². The van der Waals surface area contributed by atoms with Crippen molar-refractivity contribution in [3.63, 3.8) is 0 Å². The van der Waals surface area contributed by atoms with Gasteiger partial charge in [-0.1, -0.05) is 71.9 Å². The Morgan fingerprint density at radius 2 is 1.74 bits per heavy atom. The molecule has 0 aliphatic heterocycles. The summed E-state index contributed by atoms with van der Waals surface area (Å²) in [5.41, 5.74) is 0.964. The van der Waals surface area contributed by atoms with Crippen molar-refractivity contribution in [3.05, 3.63) is 35.9 Å². The number of Topliss-reactive ketones (excluding diaryl/α,β-unsaturated/α-hetero) is 1. The minimum atomic E-state index is -0.396. The monoisotopic (exact) mass is 317 g/mol. The molecule has 3 atom stereocenters. The number of nitrogens with one attached hydrogen (secondary N) is 1. The summed E-state index contributed by atoms with van der Waals surface area (Å²) >= 11 is 0. The van der Waals surface area contributed by atoms with E-state index in [1.54, 1.807) is 0 Å². The van der Waals surface area contributed by atoms with Crippen molar-refractivity contribution in [2.45, 2.75) is 66.3 Å². The molecule has 3 nitrogen and oxygen atoms in total. The molecule has 1 amide bonds. The van der Waals surface area contributed by atoms with E-state index in [9.17, 15) is 9.59 Å². The minimum Gasteiger partial charge on any atom is -0.346 e. The Balaban J connectivity index is 0.00000127. The Labute approximate surface area is 140 Å². The maximum Gasteiger partial charge on any atom is 0.224 e. The first kappa shape index (κ1) is 19.4. The van der Waals surface area contributed by atoms with Gasteiger partial charge in [-0.25, -0.2) is 0 Å². The second kappa shape index (κ2) is 8.28. The van der Waals surface area contributed by atoms with Crippen molar-refractivity contribution in [2.75, 3.05) is 0 Å². The van der Waals surface area contributed by atoms with Crippen molar-refractivity contribution in [3.8, 4) is 0 Å². The molecule has 1 aliphatic carbocycles. The summed E-state index contributed by atoms with van der Waals surface area (Å²) in [5, 5.41) is 2.98. The van der Waals surface area contributed by atoms with Crippen molar-refractivity contribution in [2.24, 2.45) is 11.3 Å². The third kappa shape index (κ3) is 5.19. The van der Waals surface area contributed by atoms with Gasteiger partial charge in [0.15, 0.2) is 5.78 Å². The Kier molecular flexibility index (Phi) is 6.99. The molecule has 0 spiro atoms. The first-order valence-electron chi connectivity index (χ1n) is 8.72. The van der Waals surface area contributed by atoms with Crippen LogP contribution in [0.2, 0.25) is 0 Å². The second-order valence-corrected chi connectivity index (χ2v) is 6.99. The first-order chi connectivity index (χ1) is 10.8. The molecule has 0 saturated heterocycles. The number of amides is 1. The SMILES string of the molecule is CC.CCC(=O)C(NC(=O)C1CC1c1ccccc1)C(C)(C)C. The second-order valence-electron chi connectivity index (χ2n) is 6.99. The van der Waals surface area contributed by atoms with E-state index in [4.69, 9.17) is 0 Å². The minimum absolute atomic E-state index is 0.0157. The van der Waals surface area contributed by atoms with Gasteiger partial charge in [-0.15, -0.1) is 0 Å². The maximum absolute atomic E-state index is 12.4. The standard InChI is InChI=1S/C18H25NO2.C2H6/c1-5-15(20)16(18(2,3)4)19-17(21)14-11-13(14)12-9-7-6-8-10-12;1-2/h6-10,13-14,16H,5,11H2,1-4H3,(H,19,21);1-2H3. The van der Waals surface area contributed by atoms with Gasteiger partial charge < -0.3 is 5.32 Å². The van der Waals surface area contributed by atoms with E-state index in [-0.39, 0.29) is 23.0 Å². The highest BCUT2D eigenvalue weighted by molar-refractivity contribution is 5.91. The van der Waals surface area contributed by atoms with Crippen molar-refractivity contribution < 1.29 is 9.59 Å². The zero-order valence-electron chi connectivity index (χ0n) is 15.3. The van der Waals surface area contributed by atoms with Gasteiger partial charge in [-0.3, -0.25) is 9.59 Å². The summed E-state index contributed by atoms with van der Waals surface area (Å²) in [6, 6.07) is 9.72. The maximum atomic E-state index is 12.4. The average Bonchev–Trinajstić information content (AvgIpc) is 3.34. The molecule has 1 aromatic rings. The lowest BCUT2D eigenvalue weighted by atomic mass is 9.83. The van der Waals surface area contributed by atoms with E-state index < -0.39 is 6.04 Å². The van der Waals surface area contributed by atoms with Gasteiger partial charge in [0.1, 0.15) is 0 Å². The molecule has 1 fully saturated rings. The number of rotatable bonds is 5. The van der Waals surface area contributed by atoms with E-state index in [2.05, 4.69) is 17.4 Å². The summed E-state index contributed by atoms with van der Waals surface area (Å²) in [7, 11) is 0. The molecule has 1 aliphatic rings. The first-order valence-corrected chi connectivity index (χ1v) is 8.72. The molecular weight excluding hydrogens is 286 g/mol. The van der Waals surface area contributed by atoms with Crippen LogP contribution in [-0.2, 0) is 9.59 Å². The molecule has 0 heterocycles. The Morgan fingerprint density at radius 1 is 1.17 bits per heavy atom. The van der Waals surface area contributed by atoms with Crippen LogP contribution in [0.1, 0.15) is 65.9 Å². The molecule has 0 bridgehead atoms. The van der Waals surface area contributed by atoms with E-state index in [0.29, 0.717) is 12.3 Å². The van der Waals surface area contributed by atoms with Crippen LogP contribution in [0.4, 0.5) is 0 Å². The van der Waals surface area contributed by atoms with E-state index in [0.717, 1.165) is 6.42 Å². The van der Waals surface area contributed by atoms with Crippen LogP contribution in [0.5, 0.6) is 0 Å². The van der Waals surface area contributed by atoms with Gasteiger partial charge in [0.05, 0.1) is 6.04 Å². The lowest BCUT2D eigenvalue weighted by molar-refractivity contribution is -0.130. The summed E-state index contributed by atoms with van der Waals surface area (Å²) in [6.07, 6.45) is 1.34. The molecule has 3 unspecified atom stereocenters. The third-order valence-corrected chi connectivity index (χ3v) is 4.18. The number of carbonyl (C=O) groups excluding carboxylic acids is 2. The van der Waals surface area contributed by atoms with E-state index in [1.807, 2.05) is 59.7 Å². The topological polar surface area (TPSA) is 46.2 Å². The van der Waals surface area contributed by atoms with Gasteiger partial charge in [-0.2, -0.15) is 0 Å². The van der Waals surface area contributed by atoms with E-state index in [1.165, 1.54) is 5.56 Å². The highest BCUT2D eigenvalue weighted by Gasteiger charge is 2.45. The molecule has 0 aromatic heterocycles. The molecule has 128 valence electrons. The molecule has 1 aromatic carbocycles. The van der Waals surface area contributed by atoms with Crippen LogP contribution in [0, 0.1) is 11.3 Å². The van der Waals surface area contributed by atoms with Crippen LogP contribution in [0.15, 0.2) is 30.3 Å². The predicted molar refractivity (Wildman–Crippen MR) is 95.3 cm³/mol. The lowest BCUT2D eigenvalue weighted by Gasteiger charge is -2.30. The highest BCUT2D eigenvalue weighted by Crippen LogP contribution is 2.47. The molecule has 1 N–H and O–H groups in total. The smallest absolute Gasteiger partial charge is 0.224 e. The summed E-state index contributed by atoms with van der Waals surface area (Å²) in [6.45, 7) is 11.8. The van der Waals surface area contributed by atoms with Gasteiger partial charge in [0, 0.05) is 12.3 Å². The Hall–Kier alpha value is -1.64. The summed E-state index contributed by atoms with van der Waals surface area (Å²) in [5.74, 6) is 0.448. The van der Waals surface area contributed by atoms with Crippen molar-refractivity contribution in [1.82, 2.24) is 5.32 Å². The fraction of sp³-hybridized carbons (Fsp3) is 0.600. The van der Waals surface area contributed by atoms with Crippen molar-refractivity contribution in [1.29, 1.82) is 0 Å². The quantitative estimate of drug-likeness (QED) is 0.878. The third-order valence-electron chi connectivity index (χ3n) is 4.18. The van der Waals surface area contributed by atoms with Gasteiger partial charge in [-0.05, 0) is 23.3 Å². The van der Waals surface area contributed by atoms with Gasteiger partial charge >= 0.3 is 0 Å². The number of carbonyl (C=O) groups is 2. The Bertz CT molecular complexity index is 516. The average molecular weight is 317 g/mol. The fourth-order valence-corrected chi connectivity index (χ4v) is 2.79. The highest BCUT2D eigenvalue weighted by atomic mass is 16.2. The van der Waals surface area contributed by atoms with Crippen molar-refractivity contribution >= 4 is 11.7 Å². The molecule has 3 heteroatoms. The normalized spacial score (nSPS) is 20.8. The largest absolute Gasteiger partial charge is 0.346 e. The van der Waals surface area contributed by atoms with Crippen LogP contribution in [-0.4, -0.2) is 17.7 Å². The molecule has 1 saturated carbocycles. The number of hydrogen-bond acceptors (Lipinski definition) is 2. The van der Waals surface area contributed by atoms with Gasteiger partial charge in [0.2, 0.25) is 5.91 Å². The van der Waals surface area contributed by atoms with E-state index >= 15 is 0 Å². The molecular formula is C20H31NO2. The zero-order chi connectivity index (χ0) is 17.6.